The molecule has 3 atom stereocenters. The Balaban J connectivity index is 0.000000383. The first-order valence-electron chi connectivity index (χ1n) is 13.0. The summed E-state index contributed by atoms with van der Waals surface area (Å²) in [6.45, 7) is 8.33. The number of rotatable bonds is 11. The second-order valence-corrected chi connectivity index (χ2v) is 10.1. The zero-order chi connectivity index (χ0) is 28.3. The van der Waals surface area contributed by atoms with Crippen molar-refractivity contribution < 1.29 is 61.3 Å². The third kappa shape index (κ3) is 11.3. The average Bonchev–Trinajstić information content (AvgIpc) is 3.31. The van der Waals surface area contributed by atoms with Crippen LogP contribution >= 0.6 is 0 Å². The predicted molar refractivity (Wildman–Crippen MR) is 144 cm³/mol. The maximum absolute atomic E-state index is 14.4. The van der Waals surface area contributed by atoms with Gasteiger partial charge < -0.3 is 26.2 Å². The molecule has 39 heavy (non-hydrogen) atoms. The fraction of sp³-hybridized carbons (Fsp3) is 0.517. The van der Waals surface area contributed by atoms with Crippen LogP contribution < -0.4 is 10.6 Å². The molecule has 2 aromatic rings. The topological polar surface area (TPSA) is 113 Å². The molecule has 1 saturated heterocycles. The standard InChI is InChI=1S/C17H18F2O.C12H22N3O3.Y/c1-12(2)14-9-6-10-15(11-14)17(18,19)16(20)13-7-4-3-5-8-13;1-8(2)14-6-11(17)15-10(7-16)5-9-3-4-13-12(9)18;/h3-12,16,20H,1-2H3;8-10,16H,3-7H2,1-2H3,(H,13,18)(H,15,17);/q;-1;/t16-;9-,10-;/m01./s1. The number of carbonyl (C=O) groups excluding carboxylic acids is 2. The molecule has 2 amide bonds. The number of hydrogen-bond acceptors (Lipinski definition) is 4. The quantitative estimate of drug-likeness (QED) is 0.298. The van der Waals surface area contributed by atoms with Gasteiger partial charge in [0.2, 0.25) is 5.91 Å². The normalized spacial score (nSPS) is 16.6. The first-order chi connectivity index (χ1) is 17.9. The minimum atomic E-state index is -3.31. The van der Waals surface area contributed by atoms with E-state index in [0.717, 1.165) is 12.0 Å². The van der Waals surface area contributed by atoms with E-state index in [4.69, 9.17) is 0 Å². The van der Waals surface area contributed by atoms with Crippen molar-refractivity contribution in [1.82, 2.24) is 10.6 Å². The number of benzene rings is 2. The zero-order valence-electron chi connectivity index (χ0n) is 23.1. The largest absolute Gasteiger partial charge is 0.652 e. The second kappa shape index (κ2) is 17.1. The van der Waals surface area contributed by atoms with E-state index in [2.05, 4.69) is 16.0 Å². The molecule has 0 bridgehead atoms. The molecule has 0 aromatic heterocycles. The second-order valence-electron chi connectivity index (χ2n) is 10.1. The summed E-state index contributed by atoms with van der Waals surface area (Å²) in [5.74, 6) is -3.45. The van der Waals surface area contributed by atoms with Gasteiger partial charge in [0.1, 0.15) is 6.10 Å². The summed E-state index contributed by atoms with van der Waals surface area (Å²) in [5, 5.41) is 28.7. The van der Waals surface area contributed by atoms with Gasteiger partial charge in [0, 0.05) is 50.7 Å². The molecule has 1 aliphatic rings. The Bertz CT molecular complexity index is 1020. The summed E-state index contributed by atoms with van der Waals surface area (Å²) in [5.41, 5.74) is 0.898. The van der Waals surface area contributed by atoms with Gasteiger partial charge in [0.05, 0.1) is 12.6 Å². The fourth-order valence-electron chi connectivity index (χ4n) is 4.04. The van der Waals surface area contributed by atoms with Crippen LogP contribution in [-0.2, 0) is 48.2 Å². The van der Waals surface area contributed by atoms with Crippen molar-refractivity contribution in [2.45, 2.75) is 70.6 Å². The number of aliphatic hydroxyl groups is 2. The van der Waals surface area contributed by atoms with Gasteiger partial charge in [-0.15, -0.1) is 6.04 Å². The number of hydrogen-bond donors (Lipinski definition) is 4. The van der Waals surface area contributed by atoms with Crippen LogP contribution in [0.5, 0.6) is 0 Å². The molecule has 4 N–H and O–H groups in total. The molecule has 0 aliphatic carbocycles. The Kier molecular flexibility index (Phi) is 15.5. The van der Waals surface area contributed by atoms with Crippen molar-refractivity contribution >= 4 is 11.8 Å². The molecule has 0 saturated carbocycles. The van der Waals surface area contributed by atoms with Gasteiger partial charge in [0.15, 0.2) is 5.91 Å². The Morgan fingerprint density at radius 1 is 1.10 bits per heavy atom. The van der Waals surface area contributed by atoms with E-state index in [9.17, 15) is 28.6 Å². The van der Waals surface area contributed by atoms with Crippen LogP contribution in [0.15, 0.2) is 54.6 Å². The molecule has 0 spiro atoms. The number of amides is 2. The van der Waals surface area contributed by atoms with Gasteiger partial charge in [-0.25, -0.2) is 0 Å². The first-order valence-corrected chi connectivity index (χ1v) is 13.0. The molecule has 0 unspecified atom stereocenters. The van der Waals surface area contributed by atoms with Crippen LogP contribution in [0, 0.1) is 5.92 Å². The molecule has 213 valence electrons. The maximum atomic E-state index is 14.4. The van der Waals surface area contributed by atoms with E-state index in [1.807, 2.05) is 33.8 Å². The molecule has 1 fully saturated rings. The zero-order valence-corrected chi connectivity index (χ0v) is 25.9. The van der Waals surface area contributed by atoms with Gasteiger partial charge in [0.25, 0.3) is 0 Å². The van der Waals surface area contributed by atoms with Crippen LogP contribution in [0.4, 0.5) is 8.78 Å². The number of alkyl halides is 2. The molecule has 1 radical (unpaired) electrons. The monoisotopic (exact) mass is 621 g/mol. The minimum Gasteiger partial charge on any atom is -0.652 e. The maximum Gasteiger partial charge on any atom is 0.302 e. The molecule has 2 aromatic carbocycles. The summed E-state index contributed by atoms with van der Waals surface area (Å²) >= 11 is 0. The van der Waals surface area contributed by atoms with Gasteiger partial charge >= 0.3 is 5.92 Å². The Morgan fingerprint density at radius 2 is 1.74 bits per heavy atom. The van der Waals surface area contributed by atoms with Crippen molar-refractivity contribution in [3.05, 3.63) is 76.6 Å². The van der Waals surface area contributed by atoms with Crippen molar-refractivity contribution in [2.75, 3.05) is 19.7 Å². The van der Waals surface area contributed by atoms with E-state index < -0.39 is 12.0 Å². The third-order valence-corrected chi connectivity index (χ3v) is 6.31. The molecule has 7 nitrogen and oxygen atoms in total. The number of nitrogens with one attached hydrogen (secondary N) is 2. The van der Waals surface area contributed by atoms with Crippen molar-refractivity contribution in [2.24, 2.45) is 5.92 Å². The van der Waals surface area contributed by atoms with Crippen LogP contribution in [0.3, 0.4) is 0 Å². The fourth-order valence-corrected chi connectivity index (χ4v) is 4.04. The Hall–Kier alpha value is -1.78. The van der Waals surface area contributed by atoms with Crippen molar-refractivity contribution in [3.63, 3.8) is 0 Å². The minimum absolute atomic E-state index is 0. The van der Waals surface area contributed by atoms with E-state index in [1.54, 1.807) is 24.3 Å². The van der Waals surface area contributed by atoms with Gasteiger partial charge in [-0.1, -0.05) is 82.8 Å². The van der Waals surface area contributed by atoms with Crippen LogP contribution in [-0.4, -0.2) is 53.8 Å². The Labute approximate surface area is 255 Å². The molecular formula is C29H40F2N3O4Y-. The van der Waals surface area contributed by atoms with Crippen molar-refractivity contribution in [1.29, 1.82) is 0 Å². The molecule has 10 heteroatoms. The van der Waals surface area contributed by atoms with E-state index in [1.165, 1.54) is 24.3 Å². The van der Waals surface area contributed by atoms with Gasteiger partial charge in [-0.05, 0) is 36.0 Å². The molecule has 1 aliphatic heterocycles. The summed E-state index contributed by atoms with van der Waals surface area (Å²) < 4.78 is 28.9. The summed E-state index contributed by atoms with van der Waals surface area (Å²) in [4.78, 5) is 23.0. The van der Waals surface area contributed by atoms with Crippen LogP contribution in [0.25, 0.3) is 5.32 Å². The number of carbonyl (C=O) groups is 2. The summed E-state index contributed by atoms with van der Waals surface area (Å²) in [6, 6.07) is 14.0. The van der Waals surface area contributed by atoms with Crippen LogP contribution in [0.1, 0.15) is 69.2 Å². The number of aliphatic hydroxyl groups excluding tert-OH is 2. The summed E-state index contributed by atoms with van der Waals surface area (Å²) in [6.07, 6.45) is -0.594. The number of halogens is 2. The average molecular weight is 622 g/mol. The Morgan fingerprint density at radius 3 is 2.28 bits per heavy atom. The number of nitrogens with zero attached hydrogens (tertiary/aromatic N) is 1. The van der Waals surface area contributed by atoms with E-state index >= 15 is 0 Å². The predicted octanol–water partition coefficient (Wildman–Crippen LogP) is 4.40. The SMILES string of the molecule is CC(C)[N-]CC(=O)N[C@@H](CO)C[C@H]1CCNC1=O.CC(C)c1cccc(C(F)(F)[C@@H](O)c2ccccc2)c1.[Y]. The van der Waals surface area contributed by atoms with Crippen molar-refractivity contribution in [3.8, 4) is 0 Å². The molecular weight excluding hydrogens is 581 g/mol. The van der Waals surface area contributed by atoms with E-state index in [-0.39, 0.29) is 92.7 Å². The van der Waals surface area contributed by atoms with E-state index in [0.29, 0.717) is 13.0 Å². The summed E-state index contributed by atoms with van der Waals surface area (Å²) in [7, 11) is 0. The van der Waals surface area contributed by atoms with Gasteiger partial charge in [-0.3, -0.25) is 9.59 Å². The third-order valence-electron chi connectivity index (χ3n) is 6.31. The first kappa shape index (κ1) is 35.3. The smallest absolute Gasteiger partial charge is 0.302 e. The molecule has 1 heterocycles. The molecule has 3 rings (SSSR count). The van der Waals surface area contributed by atoms with Crippen LogP contribution in [0.2, 0.25) is 0 Å². The van der Waals surface area contributed by atoms with Gasteiger partial charge in [-0.2, -0.15) is 8.78 Å².